The van der Waals surface area contributed by atoms with Crippen LogP contribution in [0.5, 0.6) is 0 Å². The summed E-state index contributed by atoms with van der Waals surface area (Å²) in [5.74, 6) is 0. The zero-order chi connectivity index (χ0) is 12.8. The molecule has 2 aliphatic heterocycles. The molecular formula is C16H30N2. The molecule has 3 fully saturated rings. The SMILES string of the molecule is CN(C1CC2CCC(C1)N2)C1CCCCC1(C)C. The first-order chi connectivity index (χ1) is 8.56. The van der Waals surface area contributed by atoms with Crippen molar-refractivity contribution in [3.63, 3.8) is 0 Å². The fourth-order valence-electron chi connectivity index (χ4n) is 4.84. The Bertz CT molecular complexity index is 287. The first kappa shape index (κ1) is 12.9. The minimum Gasteiger partial charge on any atom is -0.311 e. The Morgan fingerprint density at radius 3 is 2.28 bits per heavy atom. The molecule has 2 nitrogen and oxygen atoms in total. The Morgan fingerprint density at radius 2 is 1.67 bits per heavy atom. The van der Waals surface area contributed by atoms with Gasteiger partial charge in [-0.15, -0.1) is 0 Å². The van der Waals surface area contributed by atoms with Crippen molar-refractivity contribution in [2.45, 2.75) is 89.4 Å². The quantitative estimate of drug-likeness (QED) is 0.810. The highest BCUT2D eigenvalue weighted by Gasteiger charge is 2.41. The lowest BCUT2D eigenvalue weighted by Gasteiger charge is -2.48. The summed E-state index contributed by atoms with van der Waals surface area (Å²) in [6, 6.07) is 3.30. The molecule has 0 radical (unpaired) electrons. The Morgan fingerprint density at radius 1 is 1.00 bits per heavy atom. The van der Waals surface area contributed by atoms with E-state index in [9.17, 15) is 0 Å². The van der Waals surface area contributed by atoms with Crippen molar-refractivity contribution in [1.29, 1.82) is 0 Å². The lowest BCUT2D eigenvalue weighted by Crippen LogP contribution is -2.54. The lowest BCUT2D eigenvalue weighted by molar-refractivity contribution is 0.0226. The number of fused-ring (bicyclic) bond motifs is 2. The summed E-state index contributed by atoms with van der Waals surface area (Å²) in [7, 11) is 2.41. The number of nitrogens with zero attached hydrogens (tertiary/aromatic N) is 1. The van der Waals surface area contributed by atoms with E-state index < -0.39 is 0 Å². The molecule has 1 aliphatic carbocycles. The van der Waals surface area contributed by atoms with Crippen molar-refractivity contribution >= 4 is 0 Å². The van der Waals surface area contributed by atoms with E-state index >= 15 is 0 Å². The number of nitrogens with one attached hydrogen (secondary N) is 1. The molecule has 2 bridgehead atoms. The Kier molecular flexibility index (Phi) is 3.44. The predicted octanol–water partition coefficient (Wildman–Crippen LogP) is 3.17. The lowest BCUT2D eigenvalue weighted by atomic mass is 9.72. The molecule has 1 saturated carbocycles. The molecule has 0 amide bonds. The average Bonchev–Trinajstić information content (AvgIpc) is 2.67. The van der Waals surface area contributed by atoms with E-state index in [0.29, 0.717) is 5.41 Å². The summed E-state index contributed by atoms with van der Waals surface area (Å²) in [5, 5.41) is 3.77. The maximum absolute atomic E-state index is 3.77. The van der Waals surface area contributed by atoms with Gasteiger partial charge in [-0.2, -0.15) is 0 Å². The third kappa shape index (κ3) is 2.34. The zero-order valence-electron chi connectivity index (χ0n) is 12.4. The fraction of sp³-hybridized carbons (Fsp3) is 1.00. The topological polar surface area (TPSA) is 15.3 Å². The Balaban J connectivity index is 1.68. The minimum absolute atomic E-state index is 0.525. The van der Waals surface area contributed by atoms with E-state index in [0.717, 1.165) is 24.2 Å². The van der Waals surface area contributed by atoms with Gasteiger partial charge in [0.25, 0.3) is 0 Å². The zero-order valence-corrected chi connectivity index (χ0v) is 12.4. The van der Waals surface area contributed by atoms with Gasteiger partial charge >= 0.3 is 0 Å². The van der Waals surface area contributed by atoms with Crippen molar-refractivity contribution in [1.82, 2.24) is 10.2 Å². The third-order valence-corrected chi connectivity index (χ3v) is 5.97. The van der Waals surface area contributed by atoms with Crippen LogP contribution in [0, 0.1) is 5.41 Å². The highest BCUT2D eigenvalue weighted by atomic mass is 15.2. The minimum atomic E-state index is 0.525. The summed E-state index contributed by atoms with van der Waals surface area (Å²) < 4.78 is 0. The Labute approximate surface area is 113 Å². The summed E-state index contributed by atoms with van der Waals surface area (Å²) in [4.78, 5) is 2.77. The van der Waals surface area contributed by atoms with Crippen LogP contribution in [0.25, 0.3) is 0 Å². The first-order valence-corrected chi connectivity index (χ1v) is 8.04. The van der Waals surface area contributed by atoms with Crippen LogP contribution in [0.3, 0.4) is 0 Å². The average molecular weight is 250 g/mol. The van der Waals surface area contributed by atoms with Gasteiger partial charge in [0.15, 0.2) is 0 Å². The number of rotatable bonds is 2. The van der Waals surface area contributed by atoms with Gasteiger partial charge in [0.05, 0.1) is 0 Å². The molecule has 3 atom stereocenters. The summed E-state index contributed by atoms with van der Waals surface area (Å²) >= 11 is 0. The van der Waals surface area contributed by atoms with Crippen LogP contribution in [-0.2, 0) is 0 Å². The molecule has 0 aromatic heterocycles. The molecule has 1 N–H and O–H groups in total. The number of piperidine rings is 1. The molecule has 3 rings (SSSR count). The molecule has 2 heterocycles. The van der Waals surface area contributed by atoms with Crippen LogP contribution in [0.15, 0.2) is 0 Å². The molecule has 0 aromatic rings. The van der Waals surface area contributed by atoms with Crippen molar-refractivity contribution in [3.05, 3.63) is 0 Å². The first-order valence-electron chi connectivity index (χ1n) is 8.04. The largest absolute Gasteiger partial charge is 0.311 e. The van der Waals surface area contributed by atoms with E-state index in [-0.39, 0.29) is 0 Å². The fourth-order valence-corrected chi connectivity index (χ4v) is 4.84. The molecule has 0 aromatic carbocycles. The van der Waals surface area contributed by atoms with Gasteiger partial charge in [0.1, 0.15) is 0 Å². The molecule has 2 heteroatoms. The molecule has 2 saturated heterocycles. The predicted molar refractivity (Wildman–Crippen MR) is 76.8 cm³/mol. The van der Waals surface area contributed by atoms with Crippen molar-refractivity contribution in [2.75, 3.05) is 7.05 Å². The maximum Gasteiger partial charge on any atom is 0.0146 e. The normalized spacial score (nSPS) is 43.3. The summed E-state index contributed by atoms with van der Waals surface area (Å²) in [6.45, 7) is 4.98. The maximum atomic E-state index is 3.77. The molecular weight excluding hydrogens is 220 g/mol. The molecule has 104 valence electrons. The third-order valence-electron chi connectivity index (χ3n) is 5.97. The van der Waals surface area contributed by atoms with Crippen LogP contribution in [0.1, 0.15) is 65.2 Å². The second-order valence-electron chi connectivity index (χ2n) is 7.68. The van der Waals surface area contributed by atoms with E-state index in [1.54, 1.807) is 0 Å². The van der Waals surface area contributed by atoms with Crippen LogP contribution >= 0.6 is 0 Å². The van der Waals surface area contributed by atoms with Crippen molar-refractivity contribution in [2.24, 2.45) is 5.41 Å². The van der Waals surface area contributed by atoms with Gasteiger partial charge in [-0.05, 0) is 51.0 Å². The van der Waals surface area contributed by atoms with Crippen LogP contribution in [0.2, 0.25) is 0 Å². The highest BCUT2D eigenvalue weighted by molar-refractivity contribution is 4.98. The van der Waals surface area contributed by atoms with Gasteiger partial charge in [-0.3, -0.25) is 4.90 Å². The van der Waals surface area contributed by atoms with Gasteiger partial charge in [0.2, 0.25) is 0 Å². The van der Waals surface area contributed by atoms with Crippen LogP contribution in [0.4, 0.5) is 0 Å². The summed E-state index contributed by atoms with van der Waals surface area (Å²) in [5.41, 5.74) is 0.525. The van der Waals surface area contributed by atoms with Gasteiger partial charge in [0, 0.05) is 24.2 Å². The van der Waals surface area contributed by atoms with Crippen molar-refractivity contribution < 1.29 is 0 Å². The molecule has 0 spiro atoms. The molecule has 18 heavy (non-hydrogen) atoms. The second-order valence-corrected chi connectivity index (χ2v) is 7.68. The highest BCUT2D eigenvalue weighted by Crippen LogP contribution is 2.41. The van der Waals surface area contributed by atoms with E-state index in [1.807, 2.05) is 0 Å². The van der Waals surface area contributed by atoms with Gasteiger partial charge < -0.3 is 5.32 Å². The second kappa shape index (κ2) is 4.79. The van der Waals surface area contributed by atoms with Gasteiger partial charge in [-0.1, -0.05) is 26.7 Å². The smallest absolute Gasteiger partial charge is 0.0146 e. The van der Waals surface area contributed by atoms with Gasteiger partial charge in [-0.25, -0.2) is 0 Å². The summed E-state index contributed by atoms with van der Waals surface area (Å²) in [6.07, 6.45) is 11.3. The number of hydrogen-bond acceptors (Lipinski definition) is 2. The van der Waals surface area contributed by atoms with E-state index in [2.05, 4.69) is 31.1 Å². The number of hydrogen-bond donors (Lipinski definition) is 1. The Hall–Kier alpha value is -0.0800. The van der Waals surface area contributed by atoms with Crippen LogP contribution < -0.4 is 5.32 Å². The molecule has 3 unspecified atom stereocenters. The van der Waals surface area contributed by atoms with Crippen LogP contribution in [-0.4, -0.2) is 36.1 Å². The monoisotopic (exact) mass is 250 g/mol. The van der Waals surface area contributed by atoms with E-state index in [4.69, 9.17) is 0 Å². The molecule has 3 aliphatic rings. The van der Waals surface area contributed by atoms with Crippen molar-refractivity contribution in [3.8, 4) is 0 Å². The van der Waals surface area contributed by atoms with E-state index in [1.165, 1.54) is 51.4 Å². The standard InChI is InChI=1S/C16H30N2/c1-16(2)9-5-4-6-15(16)18(3)14-10-12-7-8-13(11-14)17-12/h12-15,17H,4-11H2,1-3H3.